The van der Waals surface area contributed by atoms with Crippen molar-refractivity contribution in [3.63, 3.8) is 0 Å². The summed E-state index contributed by atoms with van der Waals surface area (Å²) in [7, 11) is 1.99. The Morgan fingerprint density at radius 1 is 1.29 bits per heavy atom. The van der Waals surface area contributed by atoms with E-state index in [4.69, 9.17) is 5.11 Å². The fourth-order valence-corrected chi connectivity index (χ4v) is 1.88. The van der Waals surface area contributed by atoms with Crippen molar-refractivity contribution in [1.29, 1.82) is 0 Å². The van der Waals surface area contributed by atoms with Crippen molar-refractivity contribution in [3.05, 3.63) is 30.3 Å². The molecule has 0 radical (unpaired) electrons. The van der Waals surface area contributed by atoms with E-state index in [1.807, 2.05) is 37.4 Å². The van der Waals surface area contributed by atoms with Gasteiger partial charge in [0.25, 0.3) is 0 Å². The summed E-state index contributed by atoms with van der Waals surface area (Å²) in [6, 6.07) is 8.71. The molecule has 6 nitrogen and oxygen atoms in total. The average molecular weight is 293 g/mol. The Morgan fingerprint density at radius 2 is 1.95 bits per heavy atom. The average Bonchev–Trinajstić information content (AvgIpc) is 2.49. The molecule has 0 fully saturated rings. The predicted octanol–water partition coefficient (Wildman–Crippen LogP) is 1.68. The van der Waals surface area contributed by atoms with E-state index in [9.17, 15) is 9.59 Å². The van der Waals surface area contributed by atoms with Crippen LogP contribution in [-0.4, -0.2) is 43.3 Å². The van der Waals surface area contributed by atoms with Crippen molar-refractivity contribution < 1.29 is 14.7 Å². The number of nitrogens with one attached hydrogen (secondary N) is 2. The summed E-state index contributed by atoms with van der Waals surface area (Å²) >= 11 is 0. The van der Waals surface area contributed by atoms with Gasteiger partial charge in [-0.2, -0.15) is 0 Å². The molecule has 0 spiro atoms. The van der Waals surface area contributed by atoms with E-state index in [0.29, 0.717) is 13.0 Å². The number of carboxylic acid groups (broad SMARTS) is 1. The molecule has 0 aromatic heterocycles. The zero-order chi connectivity index (χ0) is 15.7. The molecule has 0 saturated heterocycles. The number of nitrogens with zero attached hydrogens (tertiary/aromatic N) is 1. The van der Waals surface area contributed by atoms with E-state index in [2.05, 4.69) is 15.5 Å². The summed E-state index contributed by atoms with van der Waals surface area (Å²) in [5.74, 6) is -1.02. The number of hydrogen-bond donors (Lipinski definition) is 3. The SMILES string of the molecule is CCC(NC(=O)NCCCN(C)c1ccccc1)C(=O)O. The number of para-hydroxylation sites is 1. The molecule has 1 aromatic rings. The molecule has 1 rings (SSSR count). The molecule has 21 heavy (non-hydrogen) atoms. The maximum Gasteiger partial charge on any atom is 0.326 e. The second-order valence-corrected chi connectivity index (χ2v) is 4.81. The van der Waals surface area contributed by atoms with Gasteiger partial charge in [-0.15, -0.1) is 0 Å². The summed E-state index contributed by atoms with van der Waals surface area (Å²) in [5, 5.41) is 13.9. The van der Waals surface area contributed by atoms with Crippen LogP contribution >= 0.6 is 0 Å². The molecular formula is C15H23N3O3. The molecule has 116 valence electrons. The summed E-state index contributed by atoms with van der Waals surface area (Å²) in [4.78, 5) is 24.4. The highest BCUT2D eigenvalue weighted by molar-refractivity contribution is 5.82. The lowest BCUT2D eigenvalue weighted by molar-refractivity contribution is -0.139. The van der Waals surface area contributed by atoms with Gasteiger partial charge in [0, 0.05) is 25.8 Å². The zero-order valence-corrected chi connectivity index (χ0v) is 12.5. The highest BCUT2D eigenvalue weighted by Gasteiger charge is 2.16. The predicted molar refractivity (Wildman–Crippen MR) is 82.6 cm³/mol. The third-order valence-electron chi connectivity index (χ3n) is 3.16. The van der Waals surface area contributed by atoms with Crippen LogP contribution in [0, 0.1) is 0 Å². The molecule has 0 bridgehead atoms. The van der Waals surface area contributed by atoms with Crippen molar-refractivity contribution in [3.8, 4) is 0 Å². The minimum atomic E-state index is -1.02. The van der Waals surface area contributed by atoms with E-state index in [1.54, 1.807) is 6.92 Å². The lowest BCUT2D eigenvalue weighted by Crippen LogP contribution is -2.46. The van der Waals surface area contributed by atoms with Crippen LogP contribution in [0.1, 0.15) is 19.8 Å². The molecule has 0 aliphatic rings. The molecule has 6 heteroatoms. The van der Waals surface area contributed by atoms with E-state index in [0.717, 1.165) is 18.7 Å². The van der Waals surface area contributed by atoms with Crippen LogP contribution in [0.2, 0.25) is 0 Å². The fourth-order valence-electron chi connectivity index (χ4n) is 1.88. The number of urea groups is 1. The fraction of sp³-hybridized carbons (Fsp3) is 0.467. The summed E-state index contributed by atoms with van der Waals surface area (Å²) in [6.07, 6.45) is 1.14. The number of benzene rings is 1. The third kappa shape index (κ3) is 6.16. The zero-order valence-electron chi connectivity index (χ0n) is 12.5. The number of carboxylic acids is 1. The van der Waals surface area contributed by atoms with E-state index >= 15 is 0 Å². The maximum absolute atomic E-state index is 11.5. The van der Waals surface area contributed by atoms with E-state index in [-0.39, 0.29) is 0 Å². The van der Waals surface area contributed by atoms with E-state index < -0.39 is 18.0 Å². The van der Waals surface area contributed by atoms with Crippen molar-refractivity contribution in [2.45, 2.75) is 25.8 Å². The summed E-state index contributed by atoms with van der Waals surface area (Å²) in [6.45, 7) is 3.02. The monoisotopic (exact) mass is 293 g/mol. The largest absolute Gasteiger partial charge is 0.480 e. The van der Waals surface area contributed by atoms with Gasteiger partial charge in [0.2, 0.25) is 0 Å². The Hall–Kier alpha value is -2.24. The van der Waals surface area contributed by atoms with Crippen LogP contribution in [-0.2, 0) is 4.79 Å². The molecule has 1 aromatic carbocycles. The minimum Gasteiger partial charge on any atom is -0.480 e. The van der Waals surface area contributed by atoms with Crippen LogP contribution in [0.4, 0.5) is 10.5 Å². The van der Waals surface area contributed by atoms with Gasteiger partial charge in [0.1, 0.15) is 6.04 Å². The molecule has 0 saturated carbocycles. The van der Waals surface area contributed by atoms with E-state index in [1.165, 1.54) is 0 Å². The van der Waals surface area contributed by atoms with Crippen LogP contribution in [0.15, 0.2) is 30.3 Å². The van der Waals surface area contributed by atoms with Gasteiger partial charge in [-0.1, -0.05) is 25.1 Å². The first-order valence-corrected chi connectivity index (χ1v) is 7.08. The summed E-state index contributed by atoms with van der Waals surface area (Å²) in [5.41, 5.74) is 1.12. The smallest absolute Gasteiger partial charge is 0.326 e. The van der Waals surface area contributed by atoms with Gasteiger partial charge in [-0.3, -0.25) is 0 Å². The molecule has 0 aliphatic heterocycles. The van der Waals surface area contributed by atoms with Crippen LogP contribution in [0.25, 0.3) is 0 Å². The first-order valence-electron chi connectivity index (χ1n) is 7.08. The first kappa shape index (κ1) is 16.8. The standard InChI is InChI=1S/C15H23N3O3/c1-3-13(14(19)20)17-15(21)16-10-7-11-18(2)12-8-5-4-6-9-12/h4-6,8-9,13H,3,7,10-11H2,1-2H3,(H,19,20)(H2,16,17,21). The topological polar surface area (TPSA) is 81.7 Å². The van der Waals surface area contributed by atoms with Gasteiger partial charge in [-0.25, -0.2) is 9.59 Å². The molecule has 0 heterocycles. The Bertz CT molecular complexity index is 451. The van der Waals surface area contributed by atoms with Gasteiger partial charge < -0.3 is 20.6 Å². The lowest BCUT2D eigenvalue weighted by Gasteiger charge is -2.19. The molecule has 1 atom stereocenters. The van der Waals surface area contributed by atoms with Gasteiger partial charge >= 0.3 is 12.0 Å². The van der Waals surface area contributed by atoms with Crippen LogP contribution < -0.4 is 15.5 Å². The number of amides is 2. The lowest BCUT2D eigenvalue weighted by atomic mass is 10.2. The molecule has 0 aliphatic carbocycles. The van der Waals surface area contributed by atoms with Crippen molar-refractivity contribution in [1.82, 2.24) is 10.6 Å². The Morgan fingerprint density at radius 3 is 2.52 bits per heavy atom. The second-order valence-electron chi connectivity index (χ2n) is 4.81. The maximum atomic E-state index is 11.5. The molecular weight excluding hydrogens is 270 g/mol. The second kappa shape index (κ2) is 8.84. The molecule has 3 N–H and O–H groups in total. The Labute approximate surface area is 125 Å². The van der Waals surface area contributed by atoms with Crippen molar-refractivity contribution in [2.24, 2.45) is 0 Å². The van der Waals surface area contributed by atoms with Crippen molar-refractivity contribution >= 4 is 17.7 Å². The first-order chi connectivity index (χ1) is 10.0. The highest BCUT2D eigenvalue weighted by Crippen LogP contribution is 2.10. The quantitative estimate of drug-likeness (QED) is 0.637. The van der Waals surface area contributed by atoms with Gasteiger partial charge in [0.15, 0.2) is 0 Å². The summed E-state index contributed by atoms with van der Waals surface area (Å²) < 4.78 is 0. The number of hydrogen-bond acceptors (Lipinski definition) is 3. The van der Waals surface area contributed by atoms with Crippen LogP contribution in [0.5, 0.6) is 0 Å². The number of anilines is 1. The Kier molecular flexibility index (Phi) is 7.08. The number of aliphatic carboxylic acids is 1. The molecule has 1 unspecified atom stereocenters. The third-order valence-corrected chi connectivity index (χ3v) is 3.16. The van der Waals surface area contributed by atoms with Crippen molar-refractivity contribution in [2.75, 3.05) is 25.0 Å². The number of rotatable bonds is 8. The number of carbonyl (C=O) groups excluding carboxylic acids is 1. The van der Waals surface area contributed by atoms with Gasteiger partial charge in [0.05, 0.1) is 0 Å². The normalized spacial score (nSPS) is 11.5. The highest BCUT2D eigenvalue weighted by atomic mass is 16.4. The number of carbonyl (C=O) groups is 2. The Balaban J connectivity index is 2.22. The van der Waals surface area contributed by atoms with Gasteiger partial charge in [-0.05, 0) is 25.0 Å². The minimum absolute atomic E-state index is 0.361. The van der Waals surface area contributed by atoms with Crippen LogP contribution in [0.3, 0.4) is 0 Å². The molecule has 2 amide bonds.